The molecule has 0 aromatic heterocycles. The van der Waals surface area contributed by atoms with Crippen molar-refractivity contribution in [1.29, 1.82) is 0 Å². The van der Waals surface area contributed by atoms with E-state index in [1.165, 1.54) is 26.0 Å². The van der Waals surface area contributed by atoms with Gasteiger partial charge in [0.1, 0.15) is 6.04 Å². The monoisotopic (exact) mass is 283 g/mol. The number of benzene rings is 1. The van der Waals surface area contributed by atoms with Crippen LogP contribution in [0.3, 0.4) is 0 Å². The van der Waals surface area contributed by atoms with Crippen molar-refractivity contribution in [3.05, 3.63) is 34.9 Å². The van der Waals surface area contributed by atoms with Gasteiger partial charge in [-0.2, -0.15) is 0 Å². The van der Waals surface area contributed by atoms with E-state index in [4.69, 9.17) is 11.6 Å². The van der Waals surface area contributed by atoms with Crippen molar-refractivity contribution in [2.45, 2.75) is 19.9 Å². The van der Waals surface area contributed by atoms with Crippen LogP contribution in [0.5, 0.6) is 0 Å². The van der Waals surface area contributed by atoms with E-state index in [0.29, 0.717) is 10.6 Å². The van der Waals surface area contributed by atoms with Crippen molar-refractivity contribution >= 4 is 29.3 Å². The van der Waals surface area contributed by atoms with Gasteiger partial charge in [0.15, 0.2) is 0 Å². The largest absolute Gasteiger partial charge is 0.345 e. The first-order valence-electron chi connectivity index (χ1n) is 5.53. The standard InChI is InChI=1S/C12H14ClN3O3/c1-7(14-8(2)17)11(18)15-16-12(19)9-3-5-10(13)6-4-9/h3-7H,1-2H3,(H,14,17)(H,15,18)(H,16,19). The van der Waals surface area contributed by atoms with E-state index in [1.54, 1.807) is 12.1 Å². The number of hydrogen-bond acceptors (Lipinski definition) is 3. The lowest BCUT2D eigenvalue weighted by atomic mass is 10.2. The fourth-order valence-electron chi connectivity index (χ4n) is 1.27. The SMILES string of the molecule is CC(=O)NC(C)C(=O)NNC(=O)c1ccc(Cl)cc1. The van der Waals surface area contributed by atoms with Crippen LogP contribution < -0.4 is 16.2 Å². The molecular formula is C12H14ClN3O3. The average Bonchev–Trinajstić information content (AvgIpc) is 2.35. The zero-order valence-electron chi connectivity index (χ0n) is 10.5. The van der Waals surface area contributed by atoms with Gasteiger partial charge in [0.25, 0.3) is 11.8 Å². The Labute approximate surface area is 115 Å². The minimum atomic E-state index is -0.733. The third-order valence-corrected chi connectivity index (χ3v) is 2.47. The minimum Gasteiger partial charge on any atom is -0.345 e. The topological polar surface area (TPSA) is 87.3 Å². The second kappa shape index (κ2) is 6.75. The van der Waals surface area contributed by atoms with Crippen LogP contribution in [0.1, 0.15) is 24.2 Å². The van der Waals surface area contributed by atoms with Gasteiger partial charge in [-0.3, -0.25) is 25.2 Å². The number of amides is 3. The summed E-state index contributed by atoms with van der Waals surface area (Å²) in [6, 6.07) is 5.46. The smallest absolute Gasteiger partial charge is 0.269 e. The molecule has 1 atom stereocenters. The van der Waals surface area contributed by atoms with Crippen LogP contribution in [-0.2, 0) is 9.59 Å². The van der Waals surface area contributed by atoms with Gasteiger partial charge in [0, 0.05) is 17.5 Å². The van der Waals surface area contributed by atoms with E-state index in [0.717, 1.165) is 0 Å². The first kappa shape index (κ1) is 15.0. The summed E-state index contributed by atoms with van der Waals surface area (Å²) in [5.41, 5.74) is 4.81. The number of hydrogen-bond donors (Lipinski definition) is 3. The molecule has 3 amide bonds. The Kier molecular flexibility index (Phi) is 5.32. The predicted octanol–water partition coefficient (Wildman–Crippen LogP) is 0.626. The van der Waals surface area contributed by atoms with E-state index in [2.05, 4.69) is 16.2 Å². The van der Waals surface area contributed by atoms with Gasteiger partial charge >= 0.3 is 0 Å². The Hall–Kier alpha value is -2.08. The van der Waals surface area contributed by atoms with Gasteiger partial charge in [-0.05, 0) is 31.2 Å². The summed E-state index contributed by atoms with van der Waals surface area (Å²) >= 11 is 5.69. The third-order valence-electron chi connectivity index (χ3n) is 2.22. The maximum Gasteiger partial charge on any atom is 0.269 e. The molecular weight excluding hydrogens is 270 g/mol. The molecule has 1 rings (SSSR count). The molecule has 0 fully saturated rings. The Morgan fingerprint density at radius 2 is 1.68 bits per heavy atom. The van der Waals surface area contributed by atoms with E-state index in [1.807, 2.05) is 0 Å². The van der Waals surface area contributed by atoms with Gasteiger partial charge in [-0.15, -0.1) is 0 Å². The lowest BCUT2D eigenvalue weighted by molar-refractivity contribution is -0.128. The van der Waals surface area contributed by atoms with E-state index in [9.17, 15) is 14.4 Å². The zero-order chi connectivity index (χ0) is 14.4. The molecule has 102 valence electrons. The molecule has 1 unspecified atom stereocenters. The van der Waals surface area contributed by atoms with Crippen LogP contribution in [0.15, 0.2) is 24.3 Å². The number of nitrogens with one attached hydrogen (secondary N) is 3. The lowest BCUT2D eigenvalue weighted by Gasteiger charge is -2.13. The summed E-state index contributed by atoms with van der Waals surface area (Å²) in [6.07, 6.45) is 0. The Morgan fingerprint density at radius 1 is 1.11 bits per heavy atom. The number of hydrazine groups is 1. The number of carbonyl (C=O) groups excluding carboxylic acids is 3. The van der Waals surface area contributed by atoms with Gasteiger partial charge in [-0.1, -0.05) is 11.6 Å². The molecule has 7 heteroatoms. The predicted molar refractivity (Wildman–Crippen MR) is 70.3 cm³/mol. The van der Waals surface area contributed by atoms with Crippen molar-refractivity contribution in [3.63, 3.8) is 0 Å². The van der Waals surface area contributed by atoms with Crippen molar-refractivity contribution in [3.8, 4) is 0 Å². The summed E-state index contributed by atoms with van der Waals surface area (Å²) in [5, 5.41) is 2.91. The number of halogens is 1. The number of rotatable bonds is 3. The van der Waals surface area contributed by atoms with E-state index in [-0.39, 0.29) is 5.91 Å². The minimum absolute atomic E-state index is 0.327. The number of carbonyl (C=O) groups is 3. The Bertz CT molecular complexity index is 487. The Balaban J connectivity index is 2.48. The first-order chi connectivity index (χ1) is 8.90. The molecule has 19 heavy (non-hydrogen) atoms. The molecule has 0 heterocycles. The maximum atomic E-state index is 11.6. The zero-order valence-corrected chi connectivity index (χ0v) is 11.2. The van der Waals surface area contributed by atoms with Crippen molar-refractivity contribution < 1.29 is 14.4 Å². The third kappa shape index (κ3) is 4.97. The van der Waals surface area contributed by atoms with Gasteiger partial charge in [0.05, 0.1) is 0 Å². The van der Waals surface area contributed by atoms with Gasteiger partial charge < -0.3 is 5.32 Å². The molecule has 0 bridgehead atoms. The molecule has 0 saturated heterocycles. The van der Waals surface area contributed by atoms with Crippen LogP contribution in [0.2, 0.25) is 5.02 Å². The highest BCUT2D eigenvalue weighted by atomic mass is 35.5. The van der Waals surface area contributed by atoms with Gasteiger partial charge in [0.2, 0.25) is 5.91 Å². The second-order valence-electron chi connectivity index (χ2n) is 3.87. The molecule has 1 aromatic rings. The van der Waals surface area contributed by atoms with Crippen molar-refractivity contribution in [1.82, 2.24) is 16.2 Å². The maximum absolute atomic E-state index is 11.6. The quantitative estimate of drug-likeness (QED) is 0.711. The molecule has 6 nitrogen and oxygen atoms in total. The van der Waals surface area contributed by atoms with Crippen LogP contribution in [0.25, 0.3) is 0 Å². The molecule has 1 aromatic carbocycles. The lowest BCUT2D eigenvalue weighted by Crippen LogP contribution is -2.50. The van der Waals surface area contributed by atoms with Crippen molar-refractivity contribution in [2.24, 2.45) is 0 Å². The highest BCUT2D eigenvalue weighted by Gasteiger charge is 2.14. The fraction of sp³-hybridized carbons (Fsp3) is 0.250. The molecule has 0 aliphatic heterocycles. The molecule has 0 spiro atoms. The second-order valence-corrected chi connectivity index (χ2v) is 4.31. The highest BCUT2D eigenvalue weighted by Crippen LogP contribution is 2.08. The van der Waals surface area contributed by atoms with Crippen LogP contribution in [0, 0.1) is 0 Å². The molecule has 0 aliphatic carbocycles. The molecule has 0 radical (unpaired) electrons. The summed E-state index contributed by atoms with van der Waals surface area (Å²) in [6.45, 7) is 2.81. The molecule has 3 N–H and O–H groups in total. The molecule has 0 aliphatic rings. The van der Waals surface area contributed by atoms with Crippen LogP contribution >= 0.6 is 11.6 Å². The molecule has 0 saturated carbocycles. The normalized spacial score (nSPS) is 11.3. The fourth-order valence-corrected chi connectivity index (χ4v) is 1.40. The highest BCUT2D eigenvalue weighted by molar-refractivity contribution is 6.30. The van der Waals surface area contributed by atoms with E-state index >= 15 is 0 Å². The van der Waals surface area contributed by atoms with Gasteiger partial charge in [-0.25, -0.2) is 0 Å². The average molecular weight is 284 g/mol. The van der Waals surface area contributed by atoms with E-state index < -0.39 is 17.9 Å². The van der Waals surface area contributed by atoms with Crippen LogP contribution in [-0.4, -0.2) is 23.8 Å². The van der Waals surface area contributed by atoms with Crippen molar-refractivity contribution in [2.75, 3.05) is 0 Å². The summed E-state index contributed by atoms with van der Waals surface area (Å²) < 4.78 is 0. The summed E-state index contributed by atoms with van der Waals surface area (Å²) in [5.74, 6) is -1.32. The van der Waals surface area contributed by atoms with Crippen LogP contribution in [0.4, 0.5) is 0 Å². The first-order valence-corrected chi connectivity index (χ1v) is 5.91. The summed E-state index contributed by atoms with van der Waals surface area (Å²) in [7, 11) is 0. The Morgan fingerprint density at radius 3 is 2.21 bits per heavy atom. The summed E-state index contributed by atoms with van der Waals surface area (Å²) in [4.78, 5) is 33.9.